The molecule has 0 aliphatic carbocycles. The number of anilines is 2. The summed E-state index contributed by atoms with van der Waals surface area (Å²) in [6, 6.07) is 10.0. The fourth-order valence-electron chi connectivity index (χ4n) is 1.91. The van der Waals surface area contributed by atoms with Crippen LogP contribution in [0.3, 0.4) is 0 Å². The maximum absolute atomic E-state index is 12.3. The molecule has 2 rings (SSSR count). The quantitative estimate of drug-likeness (QED) is 0.849. The van der Waals surface area contributed by atoms with Crippen molar-refractivity contribution in [2.45, 2.75) is 6.18 Å². The third kappa shape index (κ3) is 4.63. The van der Waals surface area contributed by atoms with Gasteiger partial charge < -0.3 is 15.4 Å². The van der Waals surface area contributed by atoms with E-state index in [2.05, 4.69) is 5.32 Å². The molecule has 0 aromatic heterocycles. The number of carbonyl (C=O) groups is 2. The zero-order valence-electron chi connectivity index (χ0n) is 12.8. The lowest BCUT2D eigenvalue weighted by atomic mass is 10.2. The summed E-state index contributed by atoms with van der Waals surface area (Å²) in [6.07, 6.45) is -5.01. The third-order valence-electron chi connectivity index (χ3n) is 3.08. The molecule has 0 aliphatic rings. The molecule has 5 nitrogen and oxygen atoms in total. The molecule has 9 heteroatoms. The average Bonchev–Trinajstić information content (AvgIpc) is 2.55. The molecule has 0 heterocycles. The molecule has 2 aromatic rings. The number of hydrogen-bond donors (Lipinski definition) is 2. The first-order valence-electron chi connectivity index (χ1n) is 6.84. The number of amides is 2. The number of halogens is 4. The standard InChI is InChI=1S/C16H12ClF3N2O3/c1-25-13-8-9(21-15(24)16(18,19)20)6-7-12(13)22-14(23)10-4-2-3-5-11(10)17/h2-8H,1H3,(H,21,24)(H,22,23). The van der Waals surface area contributed by atoms with Gasteiger partial charge in [-0.25, -0.2) is 0 Å². The second-order valence-electron chi connectivity index (χ2n) is 4.80. The Kier molecular flexibility index (Phi) is 5.53. The molecule has 2 aromatic carbocycles. The van der Waals surface area contributed by atoms with Crippen LogP contribution < -0.4 is 15.4 Å². The van der Waals surface area contributed by atoms with E-state index in [1.807, 2.05) is 0 Å². The van der Waals surface area contributed by atoms with Crippen molar-refractivity contribution in [3.05, 3.63) is 53.1 Å². The average molecular weight is 373 g/mol. The van der Waals surface area contributed by atoms with Crippen LogP contribution in [0.1, 0.15) is 10.4 Å². The Morgan fingerprint density at radius 1 is 1.08 bits per heavy atom. The molecule has 0 spiro atoms. The molecule has 0 radical (unpaired) electrons. The minimum absolute atomic E-state index is 0.0698. The Morgan fingerprint density at radius 3 is 2.36 bits per heavy atom. The molecule has 0 saturated carbocycles. The SMILES string of the molecule is COc1cc(NC(=O)C(F)(F)F)ccc1NC(=O)c1ccccc1Cl. The Hall–Kier alpha value is -2.74. The smallest absolute Gasteiger partial charge is 0.471 e. The summed E-state index contributed by atoms with van der Waals surface area (Å²) in [5.41, 5.74) is 0.299. The van der Waals surface area contributed by atoms with Gasteiger partial charge in [-0.3, -0.25) is 9.59 Å². The van der Waals surface area contributed by atoms with E-state index in [0.29, 0.717) is 0 Å². The van der Waals surface area contributed by atoms with Crippen LogP contribution in [-0.2, 0) is 4.79 Å². The van der Waals surface area contributed by atoms with E-state index in [1.165, 1.54) is 25.3 Å². The largest absolute Gasteiger partial charge is 0.494 e. The van der Waals surface area contributed by atoms with Gasteiger partial charge in [0.1, 0.15) is 5.75 Å². The van der Waals surface area contributed by atoms with Gasteiger partial charge in [0.2, 0.25) is 0 Å². The molecular weight excluding hydrogens is 361 g/mol. The van der Waals surface area contributed by atoms with E-state index in [0.717, 1.165) is 6.07 Å². The van der Waals surface area contributed by atoms with E-state index in [4.69, 9.17) is 16.3 Å². The number of benzene rings is 2. The van der Waals surface area contributed by atoms with Crippen molar-refractivity contribution < 1.29 is 27.5 Å². The van der Waals surface area contributed by atoms with Crippen LogP contribution in [0.25, 0.3) is 0 Å². The zero-order valence-corrected chi connectivity index (χ0v) is 13.5. The lowest BCUT2D eigenvalue weighted by Gasteiger charge is -2.13. The van der Waals surface area contributed by atoms with E-state index >= 15 is 0 Å². The van der Waals surface area contributed by atoms with Crippen LogP contribution >= 0.6 is 11.6 Å². The van der Waals surface area contributed by atoms with Crippen LogP contribution in [-0.4, -0.2) is 25.1 Å². The van der Waals surface area contributed by atoms with E-state index < -0.39 is 18.0 Å². The summed E-state index contributed by atoms with van der Waals surface area (Å²) in [4.78, 5) is 23.2. The summed E-state index contributed by atoms with van der Waals surface area (Å²) in [5, 5.41) is 4.49. The second-order valence-corrected chi connectivity index (χ2v) is 5.21. The molecule has 132 valence electrons. The molecule has 0 fully saturated rings. The normalized spacial score (nSPS) is 10.9. The zero-order chi connectivity index (χ0) is 18.6. The van der Waals surface area contributed by atoms with E-state index in [1.54, 1.807) is 23.5 Å². The Labute approximate surface area is 145 Å². The number of hydrogen-bond acceptors (Lipinski definition) is 3. The summed E-state index contributed by atoms with van der Waals surface area (Å²) >= 11 is 5.94. The van der Waals surface area contributed by atoms with Gasteiger partial charge in [-0.2, -0.15) is 13.2 Å². The minimum atomic E-state index is -5.01. The van der Waals surface area contributed by atoms with Crippen LogP contribution in [0.2, 0.25) is 5.02 Å². The van der Waals surface area contributed by atoms with E-state index in [-0.39, 0.29) is 27.7 Å². The number of carbonyl (C=O) groups excluding carboxylic acids is 2. The van der Waals surface area contributed by atoms with Crippen molar-refractivity contribution in [1.29, 1.82) is 0 Å². The first-order chi connectivity index (χ1) is 11.7. The first-order valence-corrected chi connectivity index (χ1v) is 7.22. The van der Waals surface area contributed by atoms with Gasteiger partial charge in [-0.1, -0.05) is 23.7 Å². The maximum atomic E-state index is 12.3. The molecule has 0 saturated heterocycles. The van der Waals surface area contributed by atoms with Crippen molar-refractivity contribution in [3.8, 4) is 5.75 Å². The van der Waals surface area contributed by atoms with Crippen LogP contribution in [0.5, 0.6) is 5.75 Å². The summed E-state index contributed by atoms with van der Waals surface area (Å²) in [6.45, 7) is 0. The van der Waals surface area contributed by atoms with E-state index in [9.17, 15) is 22.8 Å². The van der Waals surface area contributed by atoms with Crippen molar-refractivity contribution in [2.75, 3.05) is 17.7 Å². The summed E-state index contributed by atoms with van der Waals surface area (Å²) < 4.78 is 41.9. The number of ether oxygens (including phenoxy) is 1. The number of methoxy groups -OCH3 is 1. The van der Waals surface area contributed by atoms with Gasteiger partial charge in [-0.05, 0) is 24.3 Å². The molecule has 0 unspecified atom stereocenters. The van der Waals surface area contributed by atoms with Crippen molar-refractivity contribution in [2.24, 2.45) is 0 Å². The summed E-state index contributed by atoms with van der Waals surface area (Å²) in [7, 11) is 1.27. The highest BCUT2D eigenvalue weighted by Crippen LogP contribution is 2.30. The van der Waals surface area contributed by atoms with Gasteiger partial charge in [-0.15, -0.1) is 0 Å². The van der Waals surface area contributed by atoms with Gasteiger partial charge in [0.05, 0.1) is 23.4 Å². The lowest BCUT2D eigenvalue weighted by molar-refractivity contribution is -0.167. The second kappa shape index (κ2) is 7.43. The van der Waals surface area contributed by atoms with Gasteiger partial charge in [0.25, 0.3) is 5.91 Å². The van der Waals surface area contributed by atoms with Crippen molar-refractivity contribution in [1.82, 2.24) is 0 Å². The third-order valence-corrected chi connectivity index (χ3v) is 3.41. The molecule has 2 N–H and O–H groups in total. The van der Waals surface area contributed by atoms with Gasteiger partial charge in [0, 0.05) is 11.8 Å². The Balaban J connectivity index is 2.21. The summed E-state index contributed by atoms with van der Waals surface area (Å²) in [5.74, 6) is -2.56. The minimum Gasteiger partial charge on any atom is -0.494 e. The highest BCUT2D eigenvalue weighted by Gasteiger charge is 2.38. The van der Waals surface area contributed by atoms with Gasteiger partial charge in [0.15, 0.2) is 0 Å². The number of nitrogens with one attached hydrogen (secondary N) is 2. The topological polar surface area (TPSA) is 67.4 Å². The number of rotatable bonds is 4. The number of alkyl halides is 3. The fourth-order valence-corrected chi connectivity index (χ4v) is 2.13. The highest BCUT2D eigenvalue weighted by molar-refractivity contribution is 6.34. The maximum Gasteiger partial charge on any atom is 0.471 e. The molecule has 0 bridgehead atoms. The van der Waals surface area contributed by atoms with Crippen LogP contribution in [0, 0.1) is 0 Å². The fraction of sp³-hybridized carbons (Fsp3) is 0.125. The van der Waals surface area contributed by atoms with Crippen LogP contribution in [0.4, 0.5) is 24.5 Å². The van der Waals surface area contributed by atoms with Crippen molar-refractivity contribution >= 4 is 34.8 Å². The molecular formula is C16H12ClF3N2O3. The van der Waals surface area contributed by atoms with Crippen molar-refractivity contribution in [3.63, 3.8) is 0 Å². The van der Waals surface area contributed by atoms with Crippen LogP contribution in [0.15, 0.2) is 42.5 Å². The first kappa shape index (κ1) is 18.6. The monoisotopic (exact) mass is 372 g/mol. The predicted molar refractivity (Wildman–Crippen MR) is 87.1 cm³/mol. The predicted octanol–water partition coefficient (Wildman–Crippen LogP) is 4.10. The Morgan fingerprint density at radius 2 is 1.76 bits per heavy atom. The highest BCUT2D eigenvalue weighted by atomic mass is 35.5. The molecule has 0 atom stereocenters. The molecule has 25 heavy (non-hydrogen) atoms. The van der Waals surface area contributed by atoms with Gasteiger partial charge >= 0.3 is 12.1 Å². The molecule has 2 amide bonds. The molecule has 0 aliphatic heterocycles. The lowest BCUT2D eigenvalue weighted by Crippen LogP contribution is -2.29. The Bertz CT molecular complexity index is 809.